The van der Waals surface area contributed by atoms with Gasteiger partial charge in [0, 0.05) is 29.4 Å². The number of fused-ring (bicyclic) bond motifs is 2. The van der Waals surface area contributed by atoms with Crippen molar-refractivity contribution in [2.75, 3.05) is 13.1 Å². The van der Waals surface area contributed by atoms with Crippen LogP contribution < -0.4 is 10.1 Å². The van der Waals surface area contributed by atoms with Gasteiger partial charge in [0.15, 0.2) is 0 Å². The van der Waals surface area contributed by atoms with Gasteiger partial charge < -0.3 is 10.1 Å². The van der Waals surface area contributed by atoms with Crippen LogP contribution in [-0.2, 0) is 0 Å². The molecular formula is C23H22N2O. The summed E-state index contributed by atoms with van der Waals surface area (Å²) in [5, 5.41) is 3.50. The molecule has 130 valence electrons. The third-order valence-corrected chi connectivity index (χ3v) is 5.69. The molecule has 0 amide bonds. The first kappa shape index (κ1) is 15.6. The quantitative estimate of drug-likeness (QED) is 0.713. The molecule has 3 aromatic rings. The maximum atomic E-state index is 6.33. The van der Waals surface area contributed by atoms with Gasteiger partial charge >= 0.3 is 0 Å². The first-order valence-electron chi connectivity index (χ1n) is 9.42. The predicted molar refractivity (Wildman–Crippen MR) is 104 cm³/mol. The molecule has 26 heavy (non-hydrogen) atoms. The lowest BCUT2D eigenvalue weighted by Crippen LogP contribution is -2.32. The molecule has 3 nitrogen and oxygen atoms in total. The van der Waals surface area contributed by atoms with Gasteiger partial charge in [-0.1, -0.05) is 30.3 Å². The molecule has 2 aromatic carbocycles. The van der Waals surface area contributed by atoms with Gasteiger partial charge in [-0.05, 0) is 67.2 Å². The number of benzene rings is 2. The summed E-state index contributed by atoms with van der Waals surface area (Å²) in [6, 6.07) is 19.3. The molecule has 1 unspecified atom stereocenters. The Morgan fingerprint density at radius 2 is 1.58 bits per heavy atom. The van der Waals surface area contributed by atoms with Crippen molar-refractivity contribution in [1.29, 1.82) is 0 Å². The van der Waals surface area contributed by atoms with E-state index < -0.39 is 0 Å². The van der Waals surface area contributed by atoms with Crippen LogP contribution in [-0.4, -0.2) is 18.1 Å². The Morgan fingerprint density at radius 1 is 0.808 bits per heavy atom. The molecule has 1 N–H and O–H groups in total. The van der Waals surface area contributed by atoms with E-state index in [0.29, 0.717) is 11.8 Å². The van der Waals surface area contributed by atoms with Crippen molar-refractivity contribution in [2.24, 2.45) is 5.92 Å². The predicted octanol–water partition coefficient (Wildman–Crippen LogP) is 4.99. The van der Waals surface area contributed by atoms with Crippen molar-refractivity contribution in [2.45, 2.75) is 18.8 Å². The minimum atomic E-state index is 0.420. The molecule has 1 fully saturated rings. The number of aromatic nitrogens is 1. The highest BCUT2D eigenvalue weighted by Crippen LogP contribution is 2.50. The van der Waals surface area contributed by atoms with E-state index in [2.05, 4.69) is 52.8 Å². The van der Waals surface area contributed by atoms with Crippen LogP contribution in [0.1, 0.15) is 29.9 Å². The van der Waals surface area contributed by atoms with Gasteiger partial charge in [0.2, 0.25) is 0 Å². The molecular weight excluding hydrogens is 320 g/mol. The number of ether oxygens (including phenoxy) is 1. The molecule has 0 radical (unpaired) electrons. The molecule has 2 aliphatic rings. The second kappa shape index (κ2) is 6.58. The van der Waals surface area contributed by atoms with Gasteiger partial charge in [0.1, 0.15) is 11.5 Å². The number of para-hydroxylation sites is 1. The van der Waals surface area contributed by atoms with Crippen molar-refractivity contribution in [3.63, 3.8) is 0 Å². The third kappa shape index (κ3) is 2.69. The number of pyridine rings is 1. The molecule has 0 saturated carbocycles. The van der Waals surface area contributed by atoms with Crippen LogP contribution in [0.25, 0.3) is 11.1 Å². The van der Waals surface area contributed by atoms with Crippen molar-refractivity contribution in [1.82, 2.24) is 10.3 Å². The maximum absolute atomic E-state index is 6.33. The topological polar surface area (TPSA) is 34.1 Å². The van der Waals surface area contributed by atoms with E-state index in [9.17, 15) is 0 Å². The Morgan fingerprint density at radius 3 is 2.42 bits per heavy atom. The zero-order chi connectivity index (χ0) is 17.3. The van der Waals surface area contributed by atoms with Crippen LogP contribution in [0, 0.1) is 5.92 Å². The number of nitrogens with zero attached hydrogens (tertiary/aromatic N) is 1. The molecule has 5 rings (SSSR count). The lowest BCUT2D eigenvalue weighted by molar-refractivity contribution is 0.322. The second-order valence-electron chi connectivity index (χ2n) is 7.19. The van der Waals surface area contributed by atoms with Gasteiger partial charge in [-0.2, -0.15) is 0 Å². The standard InChI is InChI=1S/C23H22N2O/c1-2-4-21-19(3-1)23(17-9-13-25-14-10-17)20-6-5-18(15-22(20)26-21)16-7-11-24-12-8-16/h1-8,11-12,15,17,23,25H,9-10,13-14H2. The zero-order valence-electron chi connectivity index (χ0n) is 14.7. The molecule has 3 heteroatoms. The monoisotopic (exact) mass is 342 g/mol. The van der Waals surface area contributed by atoms with E-state index >= 15 is 0 Å². The van der Waals surface area contributed by atoms with E-state index in [1.54, 1.807) is 0 Å². The van der Waals surface area contributed by atoms with E-state index in [1.165, 1.54) is 35.1 Å². The molecule has 1 saturated heterocycles. The molecule has 0 aliphatic carbocycles. The number of nitrogens with one attached hydrogen (secondary N) is 1. The molecule has 3 heterocycles. The lowest BCUT2D eigenvalue weighted by Gasteiger charge is -2.36. The average Bonchev–Trinajstić information content (AvgIpc) is 2.73. The highest BCUT2D eigenvalue weighted by atomic mass is 16.5. The molecule has 0 spiro atoms. The summed E-state index contributed by atoms with van der Waals surface area (Å²) in [5.74, 6) is 3.09. The SMILES string of the molecule is c1ccc2c(c1)Oc1cc(-c3ccncc3)ccc1C2C1CCNCC1. The maximum Gasteiger partial charge on any atom is 0.131 e. The van der Waals surface area contributed by atoms with Crippen molar-refractivity contribution < 1.29 is 4.74 Å². The minimum Gasteiger partial charge on any atom is -0.457 e. The van der Waals surface area contributed by atoms with Gasteiger partial charge in [0.25, 0.3) is 0 Å². The van der Waals surface area contributed by atoms with Crippen LogP contribution in [0.4, 0.5) is 0 Å². The first-order valence-corrected chi connectivity index (χ1v) is 9.42. The summed E-state index contributed by atoms with van der Waals surface area (Å²) in [5.41, 5.74) is 5.01. The smallest absolute Gasteiger partial charge is 0.131 e. The summed E-state index contributed by atoms with van der Waals surface area (Å²) in [4.78, 5) is 4.12. The van der Waals surface area contributed by atoms with Crippen LogP contribution in [0.3, 0.4) is 0 Å². The highest BCUT2D eigenvalue weighted by Gasteiger charge is 2.34. The lowest BCUT2D eigenvalue weighted by atomic mass is 9.74. The molecule has 0 bridgehead atoms. The zero-order valence-corrected chi connectivity index (χ0v) is 14.7. The number of rotatable bonds is 2. The van der Waals surface area contributed by atoms with Crippen LogP contribution in [0.5, 0.6) is 11.5 Å². The summed E-state index contributed by atoms with van der Waals surface area (Å²) in [6.07, 6.45) is 6.10. The first-order chi connectivity index (χ1) is 12.9. The van der Waals surface area contributed by atoms with Crippen LogP contribution in [0.2, 0.25) is 0 Å². The summed E-state index contributed by atoms with van der Waals surface area (Å²) >= 11 is 0. The van der Waals surface area contributed by atoms with Crippen molar-refractivity contribution in [3.05, 3.63) is 78.1 Å². The van der Waals surface area contributed by atoms with Crippen LogP contribution in [0.15, 0.2) is 67.0 Å². The van der Waals surface area contributed by atoms with Crippen LogP contribution >= 0.6 is 0 Å². The van der Waals surface area contributed by atoms with E-state index in [-0.39, 0.29) is 0 Å². The largest absolute Gasteiger partial charge is 0.457 e. The number of hydrogen-bond donors (Lipinski definition) is 1. The van der Waals surface area contributed by atoms with Gasteiger partial charge in [0.05, 0.1) is 0 Å². The van der Waals surface area contributed by atoms with Crippen molar-refractivity contribution in [3.8, 4) is 22.6 Å². The summed E-state index contributed by atoms with van der Waals surface area (Å²) < 4.78 is 6.33. The Hall–Kier alpha value is -2.65. The Balaban J connectivity index is 1.61. The second-order valence-corrected chi connectivity index (χ2v) is 7.19. The molecule has 1 aromatic heterocycles. The Kier molecular flexibility index (Phi) is 3.95. The summed E-state index contributed by atoms with van der Waals surface area (Å²) in [6.45, 7) is 2.21. The minimum absolute atomic E-state index is 0.420. The fourth-order valence-corrected chi connectivity index (χ4v) is 4.41. The van der Waals surface area contributed by atoms with Gasteiger partial charge in [-0.15, -0.1) is 0 Å². The Labute approximate surface area is 154 Å². The number of piperidine rings is 1. The molecule has 2 aliphatic heterocycles. The van der Waals surface area contributed by atoms with Gasteiger partial charge in [-0.25, -0.2) is 0 Å². The van der Waals surface area contributed by atoms with E-state index in [0.717, 1.165) is 24.6 Å². The average molecular weight is 342 g/mol. The highest BCUT2D eigenvalue weighted by molar-refractivity contribution is 5.68. The van der Waals surface area contributed by atoms with Crippen molar-refractivity contribution >= 4 is 0 Å². The third-order valence-electron chi connectivity index (χ3n) is 5.69. The normalized spacial score (nSPS) is 19.3. The van der Waals surface area contributed by atoms with E-state index in [1.807, 2.05) is 24.5 Å². The van der Waals surface area contributed by atoms with E-state index in [4.69, 9.17) is 4.74 Å². The Bertz CT molecular complexity index is 917. The number of hydrogen-bond acceptors (Lipinski definition) is 3. The fourth-order valence-electron chi connectivity index (χ4n) is 4.41. The fraction of sp³-hybridized carbons (Fsp3) is 0.261. The summed E-state index contributed by atoms with van der Waals surface area (Å²) in [7, 11) is 0. The molecule has 1 atom stereocenters. The van der Waals surface area contributed by atoms with Gasteiger partial charge in [-0.3, -0.25) is 4.98 Å².